The number of likely N-dealkylation sites (tertiary alicyclic amines) is 1. The monoisotopic (exact) mass is 255 g/mol. The second kappa shape index (κ2) is 3.94. The molecule has 1 saturated heterocycles. The van der Waals surface area contributed by atoms with Crippen molar-refractivity contribution in [3.05, 3.63) is 34.6 Å². The summed E-state index contributed by atoms with van der Waals surface area (Å²) in [6, 6.07) is 4.88. The van der Waals surface area contributed by atoms with Crippen LogP contribution in [0.4, 0.5) is 4.39 Å². The number of hydrogen-bond donors (Lipinski definition) is 1. The van der Waals surface area contributed by atoms with Crippen molar-refractivity contribution >= 4 is 11.6 Å². The lowest BCUT2D eigenvalue weighted by molar-refractivity contribution is -0.116. The molecule has 0 unspecified atom stereocenters. The Morgan fingerprint density at radius 2 is 2.12 bits per heavy atom. The molecule has 1 N–H and O–H groups in total. The second-order valence-corrected chi connectivity index (χ2v) is 5.68. The van der Waals surface area contributed by atoms with E-state index < -0.39 is 5.60 Å². The van der Waals surface area contributed by atoms with Gasteiger partial charge in [-0.2, -0.15) is 0 Å². The van der Waals surface area contributed by atoms with E-state index in [1.807, 2.05) is 6.07 Å². The molecule has 4 heteroatoms. The lowest BCUT2D eigenvalue weighted by Crippen LogP contribution is -2.62. The topological polar surface area (TPSA) is 23.5 Å². The average Bonchev–Trinajstić information content (AvgIpc) is 3.04. The van der Waals surface area contributed by atoms with E-state index in [1.54, 1.807) is 6.07 Å². The fraction of sp³-hybridized carbons (Fsp3) is 0.538. The highest BCUT2D eigenvalue weighted by Gasteiger charge is 2.51. The Labute approximate surface area is 105 Å². The van der Waals surface area contributed by atoms with Gasteiger partial charge in [-0.15, -0.1) is 0 Å². The van der Waals surface area contributed by atoms with Gasteiger partial charge in [0.25, 0.3) is 0 Å². The Bertz CT molecular complexity index is 441. The fourth-order valence-electron chi connectivity index (χ4n) is 2.61. The van der Waals surface area contributed by atoms with Crippen LogP contribution in [-0.2, 0) is 6.54 Å². The first-order valence-corrected chi connectivity index (χ1v) is 6.33. The molecule has 1 aromatic rings. The Morgan fingerprint density at radius 3 is 2.71 bits per heavy atom. The third-order valence-electron chi connectivity index (χ3n) is 3.72. The van der Waals surface area contributed by atoms with Crippen molar-refractivity contribution in [2.24, 2.45) is 5.92 Å². The van der Waals surface area contributed by atoms with E-state index in [1.165, 1.54) is 6.07 Å². The summed E-state index contributed by atoms with van der Waals surface area (Å²) in [4.78, 5) is 2.14. The van der Waals surface area contributed by atoms with Crippen LogP contribution >= 0.6 is 11.6 Å². The van der Waals surface area contributed by atoms with Gasteiger partial charge in [0.1, 0.15) is 5.82 Å². The molecule has 1 heterocycles. The summed E-state index contributed by atoms with van der Waals surface area (Å²) in [5, 5.41) is 10.3. The van der Waals surface area contributed by atoms with E-state index in [9.17, 15) is 9.50 Å². The van der Waals surface area contributed by atoms with Crippen LogP contribution in [0.3, 0.4) is 0 Å². The smallest absolute Gasteiger partial charge is 0.142 e. The molecule has 1 aliphatic heterocycles. The van der Waals surface area contributed by atoms with Crippen molar-refractivity contribution in [2.45, 2.75) is 25.0 Å². The van der Waals surface area contributed by atoms with Crippen molar-refractivity contribution in [2.75, 3.05) is 13.1 Å². The summed E-state index contributed by atoms with van der Waals surface area (Å²) in [6.07, 6.45) is 2.31. The van der Waals surface area contributed by atoms with Crippen molar-refractivity contribution in [3.63, 3.8) is 0 Å². The molecule has 2 nitrogen and oxygen atoms in total. The zero-order valence-electron chi connectivity index (χ0n) is 9.50. The molecule has 0 bridgehead atoms. The van der Waals surface area contributed by atoms with Crippen molar-refractivity contribution < 1.29 is 9.50 Å². The zero-order chi connectivity index (χ0) is 12.0. The highest BCUT2D eigenvalue weighted by atomic mass is 35.5. The third kappa shape index (κ3) is 2.19. The third-order valence-corrected chi connectivity index (χ3v) is 4.03. The van der Waals surface area contributed by atoms with Gasteiger partial charge in [-0.25, -0.2) is 4.39 Å². The van der Waals surface area contributed by atoms with Crippen LogP contribution in [0.25, 0.3) is 0 Å². The van der Waals surface area contributed by atoms with Gasteiger partial charge in [0.05, 0.1) is 10.6 Å². The van der Waals surface area contributed by atoms with Gasteiger partial charge >= 0.3 is 0 Å². The van der Waals surface area contributed by atoms with Gasteiger partial charge in [-0.1, -0.05) is 17.7 Å². The number of benzene rings is 1. The number of hydrogen-bond acceptors (Lipinski definition) is 2. The average molecular weight is 256 g/mol. The van der Waals surface area contributed by atoms with Crippen molar-refractivity contribution in [3.8, 4) is 0 Å². The molecule has 0 aromatic heterocycles. The molecule has 0 amide bonds. The van der Waals surface area contributed by atoms with Gasteiger partial charge in [0, 0.05) is 19.6 Å². The summed E-state index contributed by atoms with van der Waals surface area (Å²) >= 11 is 5.63. The van der Waals surface area contributed by atoms with Crippen LogP contribution in [0.5, 0.6) is 0 Å². The molecule has 2 aliphatic rings. The maximum absolute atomic E-state index is 13.2. The predicted octanol–water partition coefficient (Wildman–Crippen LogP) is 2.44. The molecular formula is C13H15ClFNO. The van der Waals surface area contributed by atoms with Crippen molar-refractivity contribution in [1.82, 2.24) is 4.90 Å². The molecule has 2 fully saturated rings. The number of β-amino-alcohol motifs (C(OH)–C–C–N with tert-alkyl or cyclic N) is 1. The molecule has 1 aliphatic carbocycles. The Kier molecular flexibility index (Phi) is 2.65. The van der Waals surface area contributed by atoms with E-state index in [2.05, 4.69) is 4.90 Å². The molecule has 3 rings (SSSR count). The summed E-state index contributed by atoms with van der Waals surface area (Å²) in [5.74, 6) is 0.128. The first-order chi connectivity index (χ1) is 8.07. The maximum atomic E-state index is 13.2. The molecule has 92 valence electrons. The summed E-state index contributed by atoms with van der Waals surface area (Å²) in [5.41, 5.74) is 0.440. The van der Waals surface area contributed by atoms with Crippen LogP contribution in [0, 0.1) is 11.7 Å². The second-order valence-electron chi connectivity index (χ2n) is 5.27. The Hall–Kier alpha value is -0.640. The quantitative estimate of drug-likeness (QED) is 0.897. The molecule has 1 aromatic carbocycles. The SMILES string of the molecule is OC1(C2CC2)CN(Cc2ccc(Cl)c(F)c2)C1. The van der Waals surface area contributed by atoms with E-state index in [-0.39, 0.29) is 10.8 Å². The number of nitrogens with zero attached hydrogens (tertiary/aromatic N) is 1. The summed E-state index contributed by atoms with van der Waals surface area (Å²) in [6.45, 7) is 2.10. The standard InChI is InChI=1S/C13H15ClFNO/c14-11-4-1-9(5-12(11)15)6-16-7-13(17,8-16)10-2-3-10/h1,4-5,10,17H,2-3,6-8H2. The van der Waals surface area contributed by atoms with Gasteiger partial charge in [0.2, 0.25) is 0 Å². The zero-order valence-corrected chi connectivity index (χ0v) is 10.3. The highest BCUT2D eigenvalue weighted by molar-refractivity contribution is 6.30. The van der Waals surface area contributed by atoms with E-state index >= 15 is 0 Å². The number of rotatable bonds is 3. The lowest BCUT2D eigenvalue weighted by atomic mass is 9.88. The van der Waals surface area contributed by atoms with E-state index in [4.69, 9.17) is 11.6 Å². The van der Waals surface area contributed by atoms with Crippen molar-refractivity contribution in [1.29, 1.82) is 0 Å². The van der Waals surface area contributed by atoms with Crippen LogP contribution < -0.4 is 0 Å². The molecule has 0 radical (unpaired) electrons. The van der Waals surface area contributed by atoms with E-state index in [0.29, 0.717) is 25.6 Å². The molecule has 1 saturated carbocycles. The normalized spacial score (nSPS) is 23.5. The largest absolute Gasteiger partial charge is 0.387 e. The summed E-state index contributed by atoms with van der Waals surface area (Å²) < 4.78 is 13.2. The van der Waals surface area contributed by atoms with Crippen LogP contribution in [0.2, 0.25) is 5.02 Å². The predicted molar refractivity (Wildman–Crippen MR) is 64.4 cm³/mol. The lowest BCUT2D eigenvalue weighted by Gasteiger charge is -2.47. The summed E-state index contributed by atoms with van der Waals surface area (Å²) in [7, 11) is 0. The first kappa shape index (κ1) is 11.5. The molecule has 0 atom stereocenters. The number of aliphatic hydroxyl groups is 1. The molecule has 0 spiro atoms. The van der Waals surface area contributed by atoms with Gasteiger partial charge in [0.15, 0.2) is 0 Å². The minimum Gasteiger partial charge on any atom is -0.387 e. The minimum absolute atomic E-state index is 0.159. The minimum atomic E-state index is -0.467. The van der Waals surface area contributed by atoms with Crippen LogP contribution in [0.15, 0.2) is 18.2 Å². The maximum Gasteiger partial charge on any atom is 0.142 e. The van der Waals surface area contributed by atoms with Gasteiger partial charge in [-0.05, 0) is 36.5 Å². The van der Waals surface area contributed by atoms with E-state index in [0.717, 1.165) is 18.4 Å². The Morgan fingerprint density at radius 1 is 1.41 bits per heavy atom. The van der Waals surface area contributed by atoms with Gasteiger partial charge in [-0.3, -0.25) is 4.90 Å². The van der Waals surface area contributed by atoms with Crippen LogP contribution in [0.1, 0.15) is 18.4 Å². The van der Waals surface area contributed by atoms with Crippen LogP contribution in [-0.4, -0.2) is 28.7 Å². The molecular weight excluding hydrogens is 241 g/mol. The first-order valence-electron chi connectivity index (χ1n) is 5.95. The highest BCUT2D eigenvalue weighted by Crippen LogP contribution is 2.44. The Balaban J connectivity index is 1.59. The number of halogens is 2. The van der Waals surface area contributed by atoms with Gasteiger partial charge < -0.3 is 5.11 Å². The molecule has 17 heavy (non-hydrogen) atoms. The fourth-order valence-corrected chi connectivity index (χ4v) is 2.73.